The predicted octanol–water partition coefficient (Wildman–Crippen LogP) is 1.11. The second-order valence-electron chi connectivity index (χ2n) is 3.07. The maximum absolute atomic E-state index is 10.6. The van der Waals surface area contributed by atoms with Crippen LogP contribution in [-0.2, 0) is 11.3 Å². The number of hydrogen-bond acceptors (Lipinski definition) is 2. The van der Waals surface area contributed by atoms with Gasteiger partial charge in [-0.2, -0.15) is 0 Å². The molecule has 2 aromatic rings. The van der Waals surface area contributed by atoms with E-state index in [9.17, 15) is 4.79 Å². The third kappa shape index (κ3) is 1.35. The van der Waals surface area contributed by atoms with Gasteiger partial charge in [-0.1, -0.05) is 12.1 Å². The Kier molecular flexibility index (Phi) is 1.96. The minimum atomic E-state index is -0.871. The van der Waals surface area contributed by atoms with Gasteiger partial charge in [-0.05, 0) is 6.07 Å². The summed E-state index contributed by atoms with van der Waals surface area (Å²) in [6, 6.07) is 7.38. The maximum atomic E-state index is 10.6. The van der Waals surface area contributed by atoms with Crippen LogP contribution in [0.1, 0.15) is 5.89 Å². The summed E-state index contributed by atoms with van der Waals surface area (Å²) in [5.41, 5.74) is 1.53. The smallest absolute Gasteiger partial charge is 0.370 e. The molecular formula is C10H10NO3+. The van der Waals surface area contributed by atoms with E-state index < -0.39 is 5.97 Å². The molecule has 14 heavy (non-hydrogen) atoms. The number of aliphatic carboxylic acids is 1. The number of aryl methyl sites for hydroxylation is 1. The SMILES string of the molecule is Cc1oc2ccccc2[n+]1CC(=O)O. The number of para-hydroxylation sites is 2. The number of aromatic nitrogens is 1. The fraction of sp³-hybridized carbons (Fsp3) is 0.200. The van der Waals surface area contributed by atoms with Gasteiger partial charge in [-0.25, -0.2) is 4.79 Å². The Bertz CT molecular complexity index is 487. The van der Waals surface area contributed by atoms with Crippen LogP contribution in [0, 0.1) is 6.92 Å². The van der Waals surface area contributed by atoms with Crippen LogP contribution in [0.4, 0.5) is 0 Å². The Balaban J connectivity index is 2.62. The molecule has 1 aromatic carbocycles. The molecule has 1 aromatic heterocycles. The molecule has 1 heterocycles. The molecule has 0 aliphatic carbocycles. The zero-order valence-electron chi connectivity index (χ0n) is 7.73. The Morgan fingerprint density at radius 1 is 1.50 bits per heavy atom. The second-order valence-corrected chi connectivity index (χ2v) is 3.07. The van der Waals surface area contributed by atoms with Gasteiger partial charge in [0.1, 0.15) is 0 Å². The van der Waals surface area contributed by atoms with E-state index in [4.69, 9.17) is 9.52 Å². The molecule has 0 saturated carbocycles. The van der Waals surface area contributed by atoms with Gasteiger partial charge in [0.05, 0.1) is 6.92 Å². The Labute approximate surface area is 80.4 Å². The average molecular weight is 192 g/mol. The van der Waals surface area contributed by atoms with Crippen LogP contribution in [0.3, 0.4) is 0 Å². The van der Waals surface area contributed by atoms with E-state index in [0.717, 1.165) is 5.52 Å². The van der Waals surface area contributed by atoms with Gasteiger partial charge < -0.3 is 9.52 Å². The highest BCUT2D eigenvalue weighted by atomic mass is 16.4. The van der Waals surface area contributed by atoms with Crippen molar-refractivity contribution in [2.75, 3.05) is 0 Å². The molecule has 4 heteroatoms. The van der Waals surface area contributed by atoms with E-state index in [1.807, 2.05) is 24.3 Å². The molecule has 4 nitrogen and oxygen atoms in total. The standard InChI is InChI=1S/C10H9NO3/c1-7-11(6-10(12)13)8-4-2-3-5-9(8)14-7/h2-5H,6H2,1H3/p+1. The van der Waals surface area contributed by atoms with Crippen LogP contribution in [0.5, 0.6) is 0 Å². The van der Waals surface area contributed by atoms with Crippen molar-refractivity contribution in [3.63, 3.8) is 0 Å². The molecule has 1 N–H and O–H groups in total. The molecule has 2 rings (SSSR count). The highest BCUT2D eigenvalue weighted by Gasteiger charge is 2.20. The number of carboxylic acid groups (broad SMARTS) is 1. The maximum Gasteiger partial charge on any atom is 0.370 e. The number of fused-ring (bicyclic) bond motifs is 1. The lowest BCUT2D eigenvalue weighted by atomic mass is 10.3. The number of carbonyl (C=O) groups is 1. The van der Waals surface area contributed by atoms with Gasteiger partial charge in [-0.15, -0.1) is 4.57 Å². The number of carboxylic acids is 1. The third-order valence-electron chi connectivity index (χ3n) is 2.09. The first-order valence-electron chi connectivity index (χ1n) is 4.28. The summed E-state index contributed by atoms with van der Waals surface area (Å²) < 4.78 is 7.04. The molecule has 0 amide bonds. The second kappa shape index (κ2) is 3.14. The lowest BCUT2D eigenvalue weighted by Crippen LogP contribution is -2.39. The molecule has 0 unspecified atom stereocenters. The monoisotopic (exact) mass is 192 g/mol. The quantitative estimate of drug-likeness (QED) is 0.725. The van der Waals surface area contributed by atoms with Crippen LogP contribution >= 0.6 is 0 Å². The summed E-state index contributed by atoms with van der Waals surface area (Å²) in [5.74, 6) is -0.266. The lowest BCUT2D eigenvalue weighted by Gasteiger charge is -1.88. The summed E-state index contributed by atoms with van der Waals surface area (Å²) in [7, 11) is 0. The Morgan fingerprint density at radius 2 is 2.21 bits per heavy atom. The number of nitrogens with zero attached hydrogens (tertiary/aromatic N) is 1. The summed E-state index contributed by atoms with van der Waals surface area (Å²) in [6.45, 7) is 1.69. The van der Waals surface area contributed by atoms with Crippen molar-refractivity contribution in [3.8, 4) is 0 Å². The van der Waals surface area contributed by atoms with E-state index in [1.165, 1.54) is 0 Å². The first-order valence-corrected chi connectivity index (χ1v) is 4.28. The zero-order valence-corrected chi connectivity index (χ0v) is 7.73. The van der Waals surface area contributed by atoms with Gasteiger partial charge >= 0.3 is 11.9 Å². The zero-order chi connectivity index (χ0) is 10.1. The topological polar surface area (TPSA) is 54.3 Å². The molecular weight excluding hydrogens is 182 g/mol. The fourth-order valence-electron chi connectivity index (χ4n) is 1.48. The summed E-state index contributed by atoms with van der Waals surface area (Å²) in [6.07, 6.45) is 0. The highest BCUT2D eigenvalue weighted by Crippen LogP contribution is 2.11. The van der Waals surface area contributed by atoms with Crippen molar-refractivity contribution in [2.45, 2.75) is 13.5 Å². The van der Waals surface area contributed by atoms with E-state index >= 15 is 0 Å². The van der Waals surface area contributed by atoms with Crippen LogP contribution in [0.2, 0.25) is 0 Å². The van der Waals surface area contributed by atoms with E-state index in [1.54, 1.807) is 11.5 Å². The number of hydrogen-bond donors (Lipinski definition) is 1. The van der Waals surface area contributed by atoms with Crippen molar-refractivity contribution in [1.29, 1.82) is 0 Å². The lowest BCUT2D eigenvalue weighted by molar-refractivity contribution is -0.671. The van der Waals surface area contributed by atoms with E-state index in [-0.39, 0.29) is 6.54 Å². The Hall–Kier alpha value is -1.84. The minimum absolute atomic E-state index is 0.0666. The van der Waals surface area contributed by atoms with Gasteiger partial charge in [0.15, 0.2) is 0 Å². The van der Waals surface area contributed by atoms with Crippen LogP contribution in [0.15, 0.2) is 28.7 Å². The molecule has 0 fully saturated rings. The van der Waals surface area contributed by atoms with Crippen LogP contribution < -0.4 is 4.57 Å². The molecule has 0 saturated heterocycles. The largest absolute Gasteiger partial charge is 0.477 e. The van der Waals surface area contributed by atoms with Crippen molar-refractivity contribution in [2.24, 2.45) is 0 Å². The Morgan fingerprint density at radius 3 is 2.93 bits per heavy atom. The minimum Gasteiger partial charge on any atom is -0.477 e. The van der Waals surface area contributed by atoms with Gasteiger partial charge in [-0.3, -0.25) is 0 Å². The predicted molar refractivity (Wildman–Crippen MR) is 48.8 cm³/mol. The van der Waals surface area contributed by atoms with Crippen molar-refractivity contribution in [3.05, 3.63) is 30.2 Å². The van der Waals surface area contributed by atoms with Crippen LogP contribution in [0.25, 0.3) is 11.1 Å². The van der Waals surface area contributed by atoms with Crippen molar-refractivity contribution in [1.82, 2.24) is 0 Å². The number of benzene rings is 1. The molecule has 0 radical (unpaired) electrons. The summed E-state index contributed by atoms with van der Waals surface area (Å²) in [4.78, 5) is 10.6. The molecule has 0 aliphatic heterocycles. The van der Waals surface area contributed by atoms with Gasteiger partial charge in [0.25, 0.3) is 5.52 Å². The van der Waals surface area contributed by atoms with E-state index in [0.29, 0.717) is 11.5 Å². The molecule has 0 atom stereocenters. The molecule has 72 valence electrons. The third-order valence-corrected chi connectivity index (χ3v) is 2.09. The summed E-state index contributed by atoms with van der Waals surface area (Å²) >= 11 is 0. The first-order chi connectivity index (χ1) is 6.68. The first kappa shape index (κ1) is 8.74. The number of oxazole rings is 1. The van der Waals surface area contributed by atoms with Gasteiger partial charge in [0, 0.05) is 6.07 Å². The van der Waals surface area contributed by atoms with Crippen LogP contribution in [-0.4, -0.2) is 11.1 Å². The number of rotatable bonds is 2. The molecule has 0 spiro atoms. The normalized spacial score (nSPS) is 10.6. The average Bonchev–Trinajstić information content (AvgIpc) is 2.43. The van der Waals surface area contributed by atoms with E-state index in [2.05, 4.69) is 0 Å². The highest BCUT2D eigenvalue weighted by molar-refractivity contribution is 5.70. The fourth-order valence-corrected chi connectivity index (χ4v) is 1.48. The van der Waals surface area contributed by atoms with Crippen molar-refractivity contribution >= 4 is 17.1 Å². The molecule has 0 aliphatic rings. The summed E-state index contributed by atoms with van der Waals surface area (Å²) in [5, 5.41) is 8.71. The van der Waals surface area contributed by atoms with Crippen molar-refractivity contribution < 1.29 is 18.9 Å². The van der Waals surface area contributed by atoms with Gasteiger partial charge in [0.2, 0.25) is 12.1 Å². The molecule has 0 bridgehead atoms.